The van der Waals surface area contributed by atoms with Gasteiger partial charge < -0.3 is 10.2 Å². The maximum absolute atomic E-state index is 3.65. The summed E-state index contributed by atoms with van der Waals surface area (Å²) < 4.78 is 0. The van der Waals surface area contributed by atoms with Gasteiger partial charge in [-0.2, -0.15) is 0 Å². The molecule has 2 unspecified atom stereocenters. The summed E-state index contributed by atoms with van der Waals surface area (Å²) in [5, 5.41) is 3.65. The topological polar surface area (TPSA) is 15.3 Å². The highest BCUT2D eigenvalue weighted by molar-refractivity contribution is 4.70. The molecule has 0 spiro atoms. The molecule has 0 radical (unpaired) electrons. The van der Waals surface area contributed by atoms with Gasteiger partial charge >= 0.3 is 0 Å². The minimum atomic E-state index is 0.660. The summed E-state index contributed by atoms with van der Waals surface area (Å²) in [5.74, 6) is 0.845. The molecule has 16 heavy (non-hydrogen) atoms. The monoisotopic (exact) mass is 228 g/mol. The second kappa shape index (κ2) is 9.00. The lowest BCUT2D eigenvalue weighted by Crippen LogP contribution is -2.40. The Morgan fingerprint density at radius 2 is 1.69 bits per heavy atom. The molecule has 98 valence electrons. The highest BCUT2D eigenvalue weighted by atomic mass is 15.1. The third-order valence-corrected chi connectivity index (χ3v) is 3.32. The van der Waals surface area contributed by atoms with E-state index in [0.29, 0.717) is 12.1 Å². The van der Waals surface area contributed by atoms with Crippen molar-refractivity contribution < 1.29 is 0 Å². The summed E-state index contributed by atoms with van der Waals surface area (Å²) in [6.45, 7) is 10.3. The fourth-order valence-electron chi connectivity index (χ4n) is 1.96. The predicted molar refractivity (Wildman–Crippen MR) is 73.9 cm³/mol. The van der Waals surface area contributed by atoms with Crippen LogP contribution in [0.5, 0.6) is 0 Å². The van der Waals surface area contributed by atoms with E-state index in [9.17, 15) is 0 Å². The normalized spacial score (nSPS) is 15.8. The standard InChI is InChI=1S/C14H32N2/c1-7-14(16(5)6)11-15-13(4)10-8-9-12(2)3/h12-15H,7-11H2,1-6H3. The molecule has 0 fully saturated rings. The molecule has 0 rings (SSSR count). The number of nitrogens with one attached hydrogen (secondary N) is 1. The molecule has 0 heterocycles. The van der Waals surface area contributed by atoms with Gasteiger partial charge in [-0.3, -0.25) is 0 Å². The molecule has 1 N–H and O–H groups in total. The fourth-order valence-corrected chi connectivity index (χ4v) is 1.96. The smallest absolute Gasteiger partial charge is 0.0212 e. The molecule has 0 aromatic heterocycles. The van der Waals surface area contributed by atoms with E-state index in [2.05, 4.69) is 52.0 Å². The molecular formula is C14H32N2. The first-order chi connectivity index (χ1) is 7.47. The van der Waals surface area contributed by atoms with Gasteiger partial charge in [0, 0.05) is 18.6 Å². The number of hydrogen-bond donors (Lipinski definition) is 1. The van der Waals surface area contributed by atoms with Crippen molar-refractivity contribution in [3.63, 3.8) is 0 Å². The Hall–Kier alpha value is -0.0800. The van der Waals surface area contributed by atoms with E-state index in [1.165, 1.54) is 25.7 Å². The zero-order valence-electron chi connectivity index (χ0n) is 12.2. The first-order valence-corrected chi connectivity index (χ1v) is 6.87. The molecule has 0 amide bonds. The zero-order valence-corrected chi connectivity index (χ0v) is 12.2. The van der Waals surface area contributed by atoms with Crippen molar-refractivity contribution in [1.82, 2.24) is 10.2 Å². The molecule has 0 bridgehead atoms. The van der Waals surface area contributed by atoms with Crippen molar-refractivity contribution in [3.8, 4) is 0 Å². The van der Waals surface area contributed by atoms with Crippen molar-refractivity contribution >= 4 is 0 Å². The van der Waals surface area contributed by atoms with Crippen LogP contribution >= 0.6 is 0 Å². The van der Waals surface area contributed by atoms with E-state index in [-0.39, 0.29) is 0 Å². The maximum Gasteiger partial charge on any atom is 0.0212 e. The van der Waals surface area contributed by atoms with Crippen molar-refractivity contribution in [3.05, 3.63) is 0 Å². The minimum Gasteiger partial charge on any atom is -0.313 e. The van der Waals surface area contributed by atoms with Crippen LogP contribution < -0.4 is 5.32 Å². The highest BCUT2D eigenvalue weighted by Crippen LogP contribution is 2.08. The zero-order chi connectivity index (χ0) is 12.6. The van der Waals surface area contributed by atoms with E-state index in [1.807, 2.05) is 0 Å². The van der Waals surface area contributed by atoms with Crippen LogP contribution in [0.1, 0.15) is 53.4 Å². The SMILES string of the molecule is CCC(CNC(C)CCCC(C)C)N(C)C. The summed E-state index contributed by atoms with van der Waals surface area (Å²) in [7, 11) is 4.33. The molecule has 0 aliphatic carbocycles. The Bertz CT molecular complexity index is 155. The molecule has 0 aromatic carbocycles. The Morgan fingerprint density at radius 3 is 2.12 bits per heavy atom. The maximum atomic E-state index is 3.65. The van der Waals surface area contributed by atoms with Crippen LogP contribution in [0, 0.1) is 5.92 Å². The number of rotatable bonds is 9. The van der Waals surface area contributed by atoms with Gasteiger partial charge in [0.05, 0.1) is 0 Å². The van der Waals surface area contributed by atoms with E-state index in [1.54, 1.807) is 0 Å². The summed E-state index contributed by atoms with van der Waals surface area (Å²) in [6.07, 6.45) is 5.24. The van der Waals surface area contributed by atoms with Gasteiger partial charge in [-0.15, -0.1) is 0 Å². The van der Waals surface area contributed by atoms with Gasteiger partial charge in [-0.1, -0.05) is 33.6 Å². The summed E-state index contributed by atoms with van der Waals surface area (Å²) in [4.78, 5) is 2.31. The average Bonchev–Trinajstić information content (AvgIpc) is 2.17. The molecule has 0 saturated heterocycles. The number of hydrogen-bond acceptors (Lipinski definition) is 2. The fraction of sp³-hybridized carbons (Fsp3) is 1.00. The first-order valence-electron chi connectivity index (χ1n) is 6.87. The van der Waals surface area contributed by atoms with Crippen LogP contribution in [0.4, 0.5) is 0 Å². The summed E-state index contributed by atoms with van der Waals surface area (Å²) >= 11 is 0. The molecule has 2 nitrogen and oxygen atoms in total. The molecule has 0 aromatic rings. The summed E-state index contributed by atoms with van der Waals surface area (Å²) in [6, 6.07) is 1.33. The first kappa shape index (κ1) is 15.9. The van der Waals surface area contributed by atoms with E-state index < -0.39 is 0 Å². The van der Waals surface area contributed by atoms with Gasteiger partial charge in [0.1, 0.15) is 0 Å². The molecule has 2 heteroatoms. The quantitative estimate of drug-likeness (QED) is 0.652. The number of likely N-dealkylation sites (N-methyl/N-ethyl adjacent to an activating group) is 1. The lowest BCUT2D eigenvalue weighted by molar-refractivity contribution is 0.267. The van der Waals surface area contributed by atoms with Gasteiger partial charge in [0.15, 0.2) is 0 Å². The van der Waals surface area contributed by atoms with Crippen LogP contribution in [-0.4, -0.2) is 37.6 Å². The number of nitrogens with zero attached hydrogens (tertiary/aromatic N) is 1. The van der Waals surface area contributed by atoms with Gasteiger partial charge in [0.2, 0.25) is 0 Å². The molecule has 0 aliphatic heterocycles. The molecular weight excluding hydrogens is 196 g/mol. The van der Waals surface area contributed by atoms with Crippen LogP contribution in [0.3, 0.4) is 0 Å². The second-order valence-electron chi connectivity index (χ2n) is 5.66. The molecule has 0 aliphatic rings. The van der Waals surface area contributed by atoms with E-state index >= 15 is 0 Å². The second-order valence-corrected chi connectivity index (χ2v) is 5.66. The average molecular weight is 228 g/mol. The third-order valence-electron chi connectivity index (χ3n) is 3.32. The lowest BCUT2D eigenvalue weighted by atomic mass is 10.0. The summed E-state index contributed by atoms with van der Waals surface area (Å²) in [5.41, 5.74) is 0. The largest absolute Gasteiger partial charge is 0.313 e. The minimum absolute atomic E-state index is 0.660. The Morgan fingerprint density at radius 1 is 1.06 bits per heavy atom. The lowest BCUT2D eigenvalue weighted by Gasteiger charge is -2.25. The van der Waals surface area contributed by atoms with E-state index in [0.717, 1.165) is 12.5 Å². The van der Waals surface area contributed by atoms with Crippen LogP contribution in [0.25, 0.3) is 0 Å². The highest BCUT2D eigenvalue weighted by Gasteiger charge is 2.10. The van der Waals surface area contributed by atoms with Crippen LogP contribution in [0.2, 0.25) is 0 Å². The van der Waals surface area contributed by atoms with Crippen molar-refractivity contribution in [1.29, 1.82) is 0 Å². The van der Waals surface area contributed by atoms with E-state index in [4.69, 9.17) is 0 Å². The Labute approximate surface area is 103 Å². The third kappa shape index (κ3) is 8.12. The Balaban J connectivity index is 3.59. The molecule has 0 saturated carbocycles. The van der Waals surface area contributed by atoms with Crippen molar-refractivity contribution in [2.45, 2.75) is 65.5 Å². The van der Waals surface area contributed by atoms with Gasteiger partial charge in [-0.05, 0) is 39.8 Å². The molecule has 2 atom stereocenters. The Kier molecular flexibility index (Phi) is 8.96. The van der Waals surface area contributed by atoms with Crippen molar-refractivity contribution in [2.24, 2.45) is 5.92 Å². The van der Waals surface area contributed by atoms with Crippen molar-refractivity contribution in [2.75, 3.05) is 20.6 Å². The van der Waals surface area contributed by atoms with Crippen LogP contribution in [-0.2, 0) is 0 Å². The van der Waals surface area contributed by atoms with Gasteiger partial charge in [0.25, 0.3) is 0 Å². The van der Waals surface area contributed by atoms with Gasteiger partial charge in [-0.25, -0.2) is 0 Å². The predicted octanol–water partition coefficient (Wildman–Crippen LogP) is 3.13. The van der Waals surface area contributed by atoms with Crippen LogP contribution in [0.15, 0.2) is 0 Å².